The molecule has 3 aromatic rings. The van der Waals surface area contributed by atoms with Crippen LogP contribution in [0.5, 0.6) is 0 Å². The highest BCUT2D eigenvalue weighted by Crippen LogP contribution is 2.22. The van der Waals surface area contributed by atoms with E-state index in [0.29, 0.717) is 34.4 Å². The van der Waals surface area contributed by atoms with Crippen LogP contribution in [0.4, 0.5) is 10.1 Å². The van der Waals surface area contributed by atoms with E-state index in [1.54, 1.807) is 36.4 Å². The molecule has 3 N–H and O–H groups in total. The minimum Gasteiger partial charge on any atom is -0.462 e. The summed E-state index contributed by atoms with van der Waals surface area (Å²) in [6, 6.07) is 12.2. The summed E-state index contributed by atoms with van der Waals surface area (Å²) in [7, 11) is 0. The van der Waals surface area contributed by atoms with E-state index in [9.17, 15) is 14.0 Å². The summed E-state index contributed by atoms with van der Waals surface area (Å²) in [6.45, 7) is 2.41. The summed E-state index contributed by atoms with van der Waals surface area (Å²) < 4.78 is 19.5. The number of benzene rings is 2. The summed E-state index contributed by atoms with van der Waals surface area (Å²) in [6.07, 6.45) is 1.77. The normalized spacial score (nSPS) is 10.6. The van der Waals surface area contributed by atoms with Gasteiger partial charge < -0.3 is 15.9 Å². The Morgan fingerprint density at radius 2 is 1.84 bits per heavy atom. The Balaban J connectivity index is 1.52. The van der Waals surface area contributed by atoms with Crippen molar-refractivity contribution in [3.05, 3.63) is 59.9 Å². The van der Waals surface area contributed by atoms with Gasteiger partial charge in [-0.25, -0.2) is 13.9 Å². The minimum atomic E-state index is -0.388. The maximum absolute atomic E-state index is 13.1. The van der Waals surface area contributed by atoms with Crippen molar-refractivity contribution in [2.24, 2.45) is 0 Å². The maximum Gasteiger partial charge on any atom is 0.338 e. The van der Waals surface area contributed by atoms with Gasteiger partial charge >= 0.3 is 5.97 Å². The molecule has 0 aliphatic rings. The number of nitrogens with one attached hydrogen (secondary N) is 1. The molecule has 0 aliphatic heterocycles. The Kier molecular flexibility index (Phi) is 7.60. The number of aromatic nitrogens is 3. The molecule has 0 bridgehead atoms. The van der Waals surface area contributed by atoms with Gasteiger partial charge in [0.2, 0.25) is 11.1 Å². The molecule has 0 fully saturated rings. The van der Waals surface area contributed by atoms with Gasteiger partial charge in [0, 0.05) is 11.3 Å². The van der Waals surface area contributed by atoms with Gasteiger partial charge in [0.05, 0.1) is 17.9 Å². The molecule has 0 spiro atoms. The molecule has 0 saturated carbocycles. The fraction of sp³-hybridized carbons (Fsp3) is 0.238. The smallest absolute Gasteiger partial charge is 0.338 e. The maximum atomic E-state index is 13.1. The summed E-state index contributed by atoms with van der Waals surface area (Å²) in [5.41, 5.74) is 1.59. The first kappa shape index (κ1) is 22.3. The lowest BCUT2D eigenvalue weighted by molar-refractivity contribution is -0.113. The van der Waals surface area contributed by atoms with Crippen molar-refractivity contribution in [1.82, 2.24) is 14.9 Å². The first-order valence-electron chi connectivity index (χ1n) is 9.64. The van der Waals surface area contributed by atoms with Crippen LogP contribution in [0.15, 0.2) is 53.7 Å². The first-order valence-corrected chi connectivity index (χ1v) is 10.6. The van der Waals surface area contributed by atoms with E-state index in [1.165, 1.54) is 16.8 Å². The molecule has 31 heavy (non-hydrogen) atoms. The molecule has 162 valence electrons. The monoisotopic (exact) mass is 443 g/mol. The van der Waals surface area contributed by atoms with Crippen LogP contribution in [0.1, 0.15) is 30.1 Å². The largest absolute Gasteiger partial charge is 0.462 e. The average Bonchev–Trinajstić information content (AvgIpc) is 3.14. The lowest BCUT2D eigenvalue weighted by atomic mass is 10.2. The number of nitrogens with two attached hydrogens (primary N) is 1. The molecule has 0 saturated heterocycles. The molecule has 2 aromatic carbocycles. The molecular formula is C21H22FN5O3S. The fourth-order valence-electron chi connectivity index (χ4n) is 2.58. The second-order valence-corrected chi connectivity index (χ2v) is 7.53. The third-order valence-corrected chi connectivity index (χ3v) is 5.18. The van der Waals surface area contributed by atoms with Crippen molar-refractivity contribution in [2.45, 2.75) is 24.9 Å². The molecule has 1 aromatic heterocycles. The van der Waals surface area contributed by atoms with E-state index in [0.717, 1.165) is 24.6 Å². The number of unbranched alkanes of at least 4 members (excludes halogenated alkanes) is 1. The number of hydrogen-bond acceptors (Lipinski definition) is 7. The van der Waals surface area contributed by atoms with Crippen molar-refractivity contribution in [3.8, 4) is 11.4 Å². The predicted molar refractivity (Wildman–Crippen MR) is 117 cm³/mol. The minimum absolute atomic E-state index is 0.0551. The van der Waals surface area contributed by atoms with Crippen molar-refractivity contribution in [1.29, 1.82) is 0 Å². The van der Waals surface area contributed by atoms with Crippen LogP contribution >= 0.6 is 11.8 Å². The van der Waals surface area contributed by atoms with Gasteiger partial charge in [-0.2, -0.15) is 0 Å². The zero-order valence-corrected chi connectivity index (χ0v) is 17.7. The van der Waals surface area contributed by atoms with Crippen molar-refractivity contribution < 1.29 is 18.7 Å². The van der Waals surface area contributed by atoms with E-state index in [4.69, 9.17) is 10.6 Å². The Morgan fingerprint density at radius 3 is 2.52 bits per heavy atom. The number of nitrogens with zero attached hydrogens (tertiary/aromatic N) is 3. The van der Waals surface area contributed by atoms with Crippen molar-refractivity contribution >= 4 is 29.3 Å². The molecular weight excluding hydrogens is 421 g/mol. The third kappa shape index (κ3) is 6.05. The zero-order valence-electron chi connectivity index (χ0n) is 16.9. The predicted octanol–water partition coefficient (Wildman–Crippen LogP) is 3.49. The van der Waals surface area contributed by atoms with Gasteiger partial charge in [-0.15, -0.1) is 10.2 Å². The number of halogens is 1. The summed E-state index contributed by atoms with van der Waals surface area (Å²) in [5.74, 6) is 5.40. The van der Waals surface area contributed by atoms with Gasteiger partial charge in [0.1, 0.15) is 5.82 Å². The van der Waals surface area contributed by atoms with Crippen molar-refractivity contribution in [3.63, 3.8) is 0 Å². The fourth-order valence-corrected chi connectivity index (χ4v) is 3.24. The molecule has 1 amide bonds. The number of carbonyl (C=O) groups excluding carboxylic acids is 2. The van der Waals surface area contributed by atoms with Crippen molar-refractivity contribution in [2.75, 3.05) is 23.5 Å². The first-order chi connectivity index (χ1) is 15.0. The molecule has 3 rings (SSSR count). The van der Waals surface area contributed by atoms with Crippen LogP contribution in [0, 0.1) is 5.82 Å². The van der Waals surface area contributed by atoms with Crippen LogP contribution in [0.25, 0.3) is 11.4 Å². The van der Waals surface area contributed by atoms with Gasteiger partial charge in [-0.05, 0) is 55.0 Å². The Morgan fingerprint density at radius 1 is 1.13 bits per heavy atom. The van der Waals surface area contributed by atoms with Gasteiger partial charge in [0.15, 0.2) is 5.82 Å². The summed E-state index contributed by atoms with van der Waals surface area (Å²) >= 11 is 1.12. The second-order valence-electron chi connectivity index (χ2n) is 6.59. The zero-order chi connectivity index (χ0) is 22.2. The topological polar surface area (TPSA) is 112 Å². The molecule has 0 aliphatic carbocycles. The van der Waals surface area contributed by atoms with Crippen LogP contribution in [0.2, 0.25) is 0 Å². The van der Waals surface area contributed by atoms with Gasteiger partial charge in [0.25, 0.3) is 0 Å². The molecule has 0 atom stereocenters. The lowest BCUT2D eigenvalue weighted by Crippen LogP contribution is -2.16. The quantitative estimate of drug-likeness (QED) is 0.225. The number of hydrogen-bond donors (Lipinski definition) is 2. The Labute approximate surface area is 183 Å². The highest BCUT2D eigenvalue weighted by Gasteiger charge is 2.14. The lowest BCUT2D eigenvalue weighted by Gasteiger charge is -2.07. The number of nitrogen functional groups attached to an aromatic ring is 1. The molecule has 0 unspecified atom stereocenters. The summed E-state index contributed by atoms with van der Waals surface area (Å²) in [4.78, 5) is 24.1. The van der Waals surface area contributed by atoms with Gasteiger partial charge in [-0.1, -0.05) is 25.1 Å². The molecule has 8 nitrogen and oxygen atoms in total. The molecule has 1 heterocycles. The van der Waals surface area contributed by atoms with E-state index in [2.05, 4.69) is 15.5 Å². The Bertz CT molecular complexity index is 1040. The standard InChI is InChI=1S/C21H22FN5O3S/c1-2-3-12-30-20(29)15-6-10-17(11-7-15)24-18(28)13-31-21-26-25-19(27(21)23)14-4-8-16(22)9-5-14/h4-11H,2-3,12-13,23H2,1H3,(H,24,28). The number of anilines is 1. The number of carbonyl (C=O) groups is 2. The van der Waals surface area contributed by atoms with Crippen LogP contribution in [0.3, 0.4) is 0 Å². The highest BCUT2D eigenvalue weighted by molar-refractivity contribution is 7.99. The SMILES string of the molecule is CCCCOC(=O)c1ccc(NC(=O)CSc2nnc(-c3ccc(F)cc3)n2N)cc1. The van der Waals surface area contributed by atoms with Crippen LogP contribution in [-0.4, -0.2) is 39.1 Å². The molecule has 10 heteroatoms. The highest BCUT2D eigenvalue weighted by atomic mass is 32.2. The van der Waals surface area contributed by atoms with Crippen LogP contribution < -0.4 is 11.2 Å². The number of amides is 1. The van der Waals surface area contributed by atoms with E-state index in [1.807, 2.05) is 6.92 Å². The molecule has 0 radical (unpaired) electrons. The van der Waals surface area contributed by atoms with E-state index < -0.39 is 0 Å². The summed E-state index contributed by atoms with van der Waals surface area (Å²) in [5, 5.41) is 11.1. The third-order valence-electron chi connectivity index (χ3n) is 4.23. The van der Waals surface area contributed by atoms with E-state index in [-0.39, 0.29) is 23.4 Å². The number of rotatable bonds is 9. The van der Waals surface area contributed by atoms with E-state index >= 15 is 0 Å². The number of thioether (sulfide) groups is 1. The average molecular weight is 444 g/mol. The van der Waals surface area contributed by atoms with Crippen LogP contribution in [-0.2, 0) is 9.53 Å². The number of esters is 1. The number of ether oxygens (including phenoxy) is 1. The second kappa shape index (κ2) is 10.6. The Hall–Kier alpha value is -3.40. The van der Waals surface area contributed by atoms with Gasteiger partial charge in [-0.3, -0.25) is 4.79 Å².